The van der Waals surface area contributed by atoms with Crippen LogP contribution in [-0.4, -0.2) is 0 Å². The summed E-state index contributed by atoms with van der Waals surface area (Å²) >= 11 is 0.475. The molecule has 0 N–H and O–H groups in total. The maximum atomic E-state index is 2.30. The van der Waals surface area contributed by atoms with E-state index < -0.39 is 0 Å². The van der Waals surface area contributed by atoms with Gasteiger partial charge in [0, 0.05) is 0 Å². The second kappa shape index (κ2) is 2.75. The first kappa shape index (κ1) is 4.79. The van der Waals surface area contributed by atoms with E-state index in [0.29, 0.717) is 20.7 Å². The molecule has 0 aliphatic carbocycles. The van der Waals surface area contributed by atoms with Crippen molar-refractivity contribution in [2.75, 3.05) is 0 Å². The van der Waals surface area contributed by atoms with E-state index in [1.807, 2.05) is 0 Å². The van der Waals surface area contributed by atoms with Gasteiger partial charge in [-0.3, -0.25) is 0 Å². The van der Waals surface area contributed by atoms with E-state index in [4.69, 9.17) is 0 Å². The van der Waals surface area contributed by atoms with Crippen molar-refractivity contribution in [3.05, 3.63) is 22.1 Å². The summed E-state index contributed by atoms with van der Waals surface area (Å²) in [5.41, 5.74) is 0. The summed E-state index contributed by atoms with van der Waals surface area (Å²) in [5, 5.41) is 0. The zero-order valence-electron chi connectivity index (χ0n) is 3.19. The maximum absolute atomic E-state index is 2.30. The van der Waals surface area contributed by atoms with Gasteiger partial charge in [-0.2, -0.15) is 0 Å². The van der Waals surface area contributed by atoms with E-state index in [1.54, 1.807) is 0 Å². The van der Waals surface area contributed by atoms with Crippen LogP contribution in [0.25, 0.3) is 0 Å². The molecule has 0 fully saturated rings. The molecule has 1 atom stereocenters. The summed E-state index contributed by atoms with van der Waals surface area (Å²) in [4.78, 5) is 0. The number of halogens is 1. The molecule has 1 aliphatic rings. The minimum absolute atomic E-state index is 0.475. The number of hydrogen-bond donors (Lipinski definition) is 0. The third-order valence-corrected chi connectivity index (χ3v) is 4.69. The zero-order chi connectivity index (χ0) is 4.24. The van der Waals surface area contributed by atoms with E-state index in [-0.39, 0.29) is 0 Å². The van der Waals surface area contributed by atoms with Gasteiger partial charge in [-0.05, 0) is 0 Å². The van der Waals surface area contributed by atoms with Crippen molar-refractivity contribution in [2.45, 2.75) is 0 Å². The van der Waals surface area contributed by atoms with Crippen LogP contribution in [0.4, 0.5) is 0 Å². The van der Waals surface area contributed by atoms with Gasteiger partial charge in [-0.25, -0.2) is 0 Å². The molecule has 1 unspecified atom stereocenters. The Morgan fingerprint density at radius 2 is 2.33 bits per heavy atom. The van der Waals surface area contributed by atoms with Gasteiger partial charge in [-0.15, -0.1) is 0 Å². The summed E-state index contributed by atoms with van der Waals surface area (Å²) in [6, 6.07) is 0. The summed E-state index contributed by atoms with van der Waals surface area (Å²) in [5.74, 6) is 2.26. The van der Waals surface area contributed by atoms with Gasteiger partial charge in [0.2, 0.25) is 0 Å². The van der Waals surface area contributed by atoms with Crippen molar-refractivity contribution in [3.63, 3.8) is 0 Å². The van der Waals surface area contributed by atoms with Crippen molar-refractivity contribution < 1.29 is 20.7 Å². The van der Waals surface area contributed by atoms with E-state index in [0.717, 1.165) is 6.22 Å². The summed E-state index contributed by atoms with van der Waals surface area (Å²) < 4.78 is 2.30. The Balaban J connectivity index is 2.46. The molecule has 6 heavy (non-hydrogen) atoms. The first-order valence-corrected chi connectivity index (χ1v) is 7.13. The minimum atomic E-state index is 0.475. The Morgan fingerprint density at radius 3 is 2.50 bits per heavy atom. The van der Waals surface area contributed by atoms with Gasteiger partial charge in [0.1, 0.15) is 0 Å². The quantitative estimate of drug-likeness (QED) is 0.345. The van der Waals surface area contributed by atoms with Crippen molar-refractivity contribution in [3.8, 4) is 0 Å². The summed E-state index contributed by atoms with van der Waals surface area (Å²) in [6.07, 6.45) is 5.41. The molecule has 0 saturated heterocycles. The monoisotopic (exact) mass is 211 g/mol. The Kier molecular flexibility index (Phi) is 2.20. The molecule has 0 aromatic heterocycles. The zero-order valence-corrected chi connectivity index (χ0v) is 6.34. The molecule has 0 bridgehead atoms. The van der Waals surface area contributed by atoms with Gasteiger partial charge >= 0.3 is 48.9 Å². The van der Waals surface area contributed by atoms with E-state index >= 15 is 0 Å². The predicted molar refractivity (Wildman–Crippen MR) is 26.6 cm³/mol. The number of allylic oxidation sites excluding steroid dienone is 2. The average Bonchev–Trinajstić information content (AvgIpc) is 1.72. The topological polar surface area (TPSA) is 0 Å². The van der Waals surface area contributed by atoms with E-state index in [1.165, 1.54) is 0 Å². The molecular formula is C4H5IP-. The summed E-state index contributed by atoms with van der Waals surface area (Å²) in [6.45, 7) is 0. The molecule has 0 saturated carbocycles. The second-order valence-electron chi connectivity index (χ2n) is 0.896. The van der Waals surface area contributed by atoms with E-state index in [2.05, 4.69) is 22.1 Å². The van der Waals surface area contributed by atoms with Gasteiger partial charge in [0.05, 0.1) is 0 Å². The Morgan fingerprint density at radius 1 is 1.33 bits per heavy atom. The third kappa shape index (κ3) is 1.39. The third-order valence-electron chi connectivity index (χ3n) is 0.469. The second-order valence-corrected chi connectivity index (χ2v) is 6.12. The first-order valence-electron chi connectivity index (χ1n) is 1.70. The molecule has 1 rings (SSSR count). The van der Waals surface area contributed by atoms with Crippen molar-refractivity contribution >= 4 is 6.22 Å². The van der Waals surface area contributed by atoms with Crippen LogP contribution < -0.4 is 20.7 Å². The van der Waals surface area contributed by atoms with Crippen LogP contribution in [0.15, 0.2) is 22.1 Å². The van der Waals surface area contributed by atoms with Gasteiger partial charge in [0.25, 0.3) is 0 Å². The fourth-order valence-electron chi connectivity index (χ4n) is 0.243. The molecule has 34 valence electrons. The molecule has 0 radical (unpaired) electrons. The molecule has 0 spiro atoms. The molecule has 0 aromatic rings. The molecule has 0 aromatic carbocycles. The Hall–Kier alpha value is 0.640. The SMILES string of the molecule is C1=CP[I-]C=C1. The van der Waals surface area contributed by atoms with Crippen molar-refractivity contribution in [1.82, 2.24) is 0 Å². The van der Waals surface area contributed by atoms with Crippen LogP contribution in [0.3, 0.4) is 0 Å². The van der Waals surface area contributed by atoms with E-state index in [9.17, 15) is 0 Å². The van der Waals surface area contributed by atoms with Crippen molar-refractivity contribution in [1.29, 1.82) is 0 Å². The van der Waals surface area contributed by atoms with Crippen LogP contribution >= 0.6 is 6.22 Å². The fourth-order valence-corrected chi connectivity index (χ4v) is 3.38. The van der Waals surface area contributed by atoms with Crippen LogP contribution in [-0.2, 0) is 0 Å². The molecule has 1 heterocycles. The van der Waals surface area contributed by atoms with Crippen LogP contribution in [0.5, 0.6) is 0 Å². The number of rotatable bonds is 0. The number of hydrogen-bond acceptors (Lipinski definition) is 0. The standard InChI is InChI=1S/C4H5IP/c1-2-4-6-5-3-1/h1-4,6H/q-1. The van der Waals surface area contributed by atoms with Gasteiger partial charge in [-0.1, -0.05) is 0 Å². The molecule has 2 heteroatoms. The van der Waals surface area contributed by atoms with Crippen molar-refractivity contribution in [2.24, 2.45) is 0 Å². The van der Waals surface area contributed by atoms with Crippen LogP contribution in [0.1, 0.15) is 0 Å². The molecule has 0 nitrogen and oxygen atoms in total. The van der Waals surface area contributed by atoms with Gasteiger partial charge in [0.15, 0.2) is 0 Å². The Labute approximate surface area is 49.1 Å². The molecular weight excluding hydrogens is 206 g/mol. The normalized spacial score (nSPS) is 24.0. The molecule has 0 amide bonds. The average molecular weight is 211 g/mol. The summed E-state index contributed by atoms with van der Waals surface area (Å²) in [7, 11) is 0. The fraction of sp³-hybridized carbons (Fsp3) is 0. The predicted octanol–water partition coefficient (Wildman–Crippen LogP) is -1.29. The Bertz CT molecular complexity index is 73.5. The van der Waals surface area contributed by atoms with Gasteiger partial charge < -0.3 is 0 Å². The molecule has 1 aliphatic heterocycles. The van der Waals surface area contributed by atoms with Crippen LogP contribution in [0, 0.1) is 0 Å². The first-order chi connectivity index (χ1) is 3.00. The van der Waals surface area contributed by atoms with Crippen LogP contribution in [0.2, 0.25) is 0 Å².